The van der Waals surface area contributed by atoms with Crippen molar-refractivity contribution in [3.63, 3.8) is 0 Å². The van der Waals surface area contributed by atoms with Crippen molar-refractivity contribution < 1.29 is 4.79 Å². The molecular formula is C8H6BrNOS. The molecule has 2 heterocycles. The Morgan fingerprint density at radius 3 is 3.08 bits per heavy atom. The Morgan fingerprint density at radius 2 is 2.42 bits per heavy atom. The molecule has 2 aliphatic heterocycles. The number of nitrogens with zero attached hydrogens (tertiary/aromatic N) is 1. The first-order chi connectivity index (χ1) is 5.70. The van der Waals surface area contributed by atoms with Crippen molar-refractivity contribution in [3.05, 3.63) is 20.4 Å². The molecule has 1 atom stereocenters. The molecule has 0 radical (unpaired) electrons. The van der Waals surface area contributed by atoms with Crippen LogP contribution in [0.15, 0.2) is 25.4 Å². The summed E-state index contributed by atoms with van der Waals surface area (Å²) >= 11 is 5.05. The van der Waals surface area contributed by atoms with Crippen LogP contribution in [-0.2, 0) is 4.79 Å². The van der Waals surface area contributed by atoms with Crippen LogP contribution in [0.4, 0.5) is 0 Å². The van der Waals surface area contributed by atoms with E-state index >= 15 is 0 Å². The number of carbonyl (C=O) groups excluding carboxylic acids is 1. The van der Waals surface area contributed by atoms with Crippen molar-refractivity contribution in [2.45, 2.75) is 6.92 Å². The monoisotopic (exact) mass is 243 g/mol. The van der Waals surface area contributed by atoms with Gasteiger partial charge in [0.2, 0.25) is 0 Å². The van der Waals surface area contributed by atoms with Gasteiger partial charge in [-0.15, -0.1) is 0 Å². The van der Waals surface area contributed by atoms with Crippen molar-refractivity contribution in [2.24, 2.45) is 10.9 Å². The Bertz CT molecular complexity index is 343. The zero-order valence-corrected chi connectivity index (χ0v) is 8.78. The summed E-state index contributed by atoms with van der Waals surface area (Å²) in [5.41, 5.74) is 0. The van der Waals surface area contributed by atoms with Crippen LogP contribution in [0.3, 0.4) is 0 Å². The van der Waals surface area contributed by atoms with Gasteiger partial charge in [-0.1, -0.05) is 27.7 Å². The SMILES string of the molecule is CC1=C(Br)C2C(=O)N=CC=C2S1. The molecule has 12 heavy (non-hydrogen) atoms. The molecule has 2 aliphatic rings. The Morgan fingerprint density at radius 1 is 1.67 bits per heavy atom. The van der Waals surface area contributed by atoms with Crippen molar-refractivity contribution in [2.75, 3.05) is 0 Å². The highest BCUT2D eigenvalue weighted by molar-refractivity contribution is 9.11. The number of allylic oxidation sites excluding steroid dienone is 2. The number of thioether (sulfide) groups is 1. The molecule has 0 aromatic heterocycles. The van der Waals surface area contributed by atoms with Crippen molar-refractivity contribution >= 4 is 39.8 Å². The zero-order valence-electron chi connectivity index (χ0n) is 6.37. The number of hydrogen-bond acceptors (Lipinski definition) is 2. The third-order valence-corrected chi connectivity index (χ3v) is 4.28. The van der Waals surface area contributed by atoms with Crippen LogP contribution in [0.1, 0.15) is 6.92 Å². The van der Waals surface area contributed by atoms with Crippen LogP contribution in [0.25, 0.3) is 0 Å². The van der Waals surface area contributed by atoms with Gasteiger partial charge < -0.3 is 0 Å². The molecule has 0 spiro atoms. The van der Waals surface area contributed by atoms with Gasteiger partial charge in [0.25, 0.3) is 5.91 Å². The van der Waals surface area contributed by atoms with Gasteiger partial charge in [-0.05, 0) is 17.9 Å². The Hall–Kier alpha value is -0.350. The molecule has 0 aromatic carbocycles. The van der Waals surface area contributed by atoms with E-state index in [1.54, 1.807) is 18.0 Å². The fraction of sp³-hybridized carbons (Fsp3) is 0.250. The van der Waals surface area contributed by atoms with Gasteiger partial charge in [-0.3, -0.25) is 4.79 Å². The van der Waals surface area contributed by atoms with E-state index in [0.717, 1.165) is 14.3 Å². The molecule has 62 valence electrons. The first-order valence-electron chi connectivity index (χ1n) is 3.52. The van der Waals surface area contributed by atoms with Crippen molar-refractivity contribution in [1.29, 1.82) is 0 Å². The summed E-state index contributed by atoms with van der Waals surface area (Å²) in [5.74, 6) is -0.205. The lowest BCUT2D eigenvalue weighted by molar-refractivity contribution is -0.119. The maximum Gasteiger partial charge on any atom is 0.258 e. The van der Waals surface area contributed by atoms with E-state index in [2.05, 4.69) is 20.9 Å². The zero-order chi connectivity index (χ0) is 8.72. The molecule has 2 nitrogen and oxygen atoms in total. The minimum atomic E-state index is -0.139. The fourth-order valence-corrected chi connectivity index (χ4v) is 3.10. The third kappa shape index (κ3) is 1.10. The van der Waals surface area contributed by atoms with Gasteiger partial charge in [0.1, 0.15) is 5.92 Å². The van der Waals surface area contributed by atoms with Crippen molar-refractivity contribution in [1.82, 2.24) is 0 Å². The largest absolute Gasteiger partial charge is 0.271 e. The first kappa shape index (κ1) is 8.26. The van der Waals surface area contributed by atoms with Crippen LogP contribution in [0.2, 0.25) is 0 Å². The minimum absolute atomic E-state index is 0.0660. The highest BCUT2D eigenvalue weighted by Crippen LogP contribution is 2.48. The molecule has 1 amide bonds. The molecule has 0 aliphatic carbocycles. The molecule has 2 rings (SSSR count). The number of carbonyl (C=O) groups is 1. The molecule has 0 bridgehead atoms. The second-order valence-electron chi connectivity index (χ2n) is 2.62. The number of fused-ring (bicyclic) bond motifs is 1. The summed E-state index contributed by atoms with van der Waals surface area (Å²) in [7, 11) is 0. The van der Waals surface area contributed by atoms with Crippen LogP contribution >= 0.6 is 27.7 Å². The number of halogens is 1. The van der Waals surface area contributed by atoms with Gasteiger partial charge in [-0.25, -0.2) is 4.99 Å². The Balaban J connectivity index is 2.45. The molecule has 0 fully saturated rings. The average Bonchev–Trinajstić information content (AvgIpc) is 2.29. The van der Waals surface area contributed by atoms with Crippen LogP contribution < -0.4 is 0 Å². The summed E-state index contributed by atoms with van der Waals surface area (Å²) in [6, 6.07) is 0. The topological polar surface area (TPSA) is 29.4 Å². The number of hydrogen-bond donors (Lipinski definition) is 0. The lowest BCUT2D eigenvalue weighted by Gasteiger charge is -2.09. The van der Waals surface area contributed by atoms with Gasteiger partial charge in [0, 0.05) is 15.6 Å². The van der Waals surface area contributed by atoms with Gasteiger partial charge in [-0.2, -0.15) is 0 Å². The molecular weight excluding hydrogens is 238 g/mol. The summed E-state index contributed by atoms with van der Waals surface area (Å²) in [5, 5.41) is 0. The maximum atomic E-state index is 11.3. The highest BCUT2D eigenvalue weighted by Gasteiger charge is 2.34. The number of dihydropyridines is 1. The fourth-order valence-electron chi connectivity index (χ4n) is 1.23. The first-order valence-corrected chi connectivity index (χ1v) is 5.13. The quantitative estimate of drug-likeness (QED) is 0.655. The van der Waals surface area contributed by atoms with E-state index in [4.69, 9.17) is 0 Å². The van der Waals surface area contributed by atoms with E-state index in [1.807, 2.05) is 13.0 Å². The second kappa shape index (κ2) is 2.85. The average molecular weight is 244 g/mol. The van der Waals surface area contributed by atoms with E-state index < -0.39 is 0 Å². The third-order valence-electron chi connectivity index (χ3n) is 1.83. The lowest BCUT2D eigenvalue weighted by Crippen LogP contribution is -2.14. The Labute approximate surface area is 83.0 Å². The minimum Gasteiger partial charge on any atom is -0.271 e. The molecule has 0 saturated heterocycles. The second-order valence-corrected chi connectivity index (χ2v) is 4.77. The van der Waals surface area contributed by atoms with E-state index in [0.29, 0.717) is 0 Å². The molecule has 1 unspecified atom stereocenters. The highest BCUT2D eigenvalue weighted by atomic mass is 79.9. The molecule has 0 aromatic rings. The summed E-state index contributed by atoms with van der Waals surface area (Å²) < 4.78 is 0.973. The smallest absolute Gasteiger partial charge is 0.258 e. The van der Waals surface area contributed by atoms with E-state index in [9.17, 15) is 4.79 Å². The summed E-state index contributed by atoms with van der Waals surface area (Å²) in [6.07, 6.45) is 3.47. The number of amides is 1. The predicted octanol–water partition coefficient (Wildman–Crippen LogP) is 2.47. The number of aliphatic imine (C=N–C) groups is 1. The van der Waals surface area contributed by atoms with Crippen LogP contribution in [0, 0.1) is 5.92 Å². The maximum absolute atomic E-state index is 11.3. The molecule has 0 N–H and O–H groups in total. The van der Waals surface area contributed by atoms with Gasteiger partial charge in [0.05, 0.1) is 0 Å². The normalized spacial score (nSPS) is 27.7. The lowest BCUT2D eigenvalue weighted by atomic mass is 10.1. The standard InChI is InChI=1S/C8H6BrNOS/c1-4-7(9)6-5(12-4)2-3-10-8(6)11/h2-3,6H,1H3. The van der Waals surface area contributed by atoms with Crippen molar-refractivity contribution in [3.8, 4) is 0 Å². The van der Waals surface area contributed by atoms with Crippen LogP contribution in [0.5, 0.6) is 0 Å². The van der Waals surface area contributed by atoms with Gasteiger partial charge in [0.15, 0.2) is 0 Å². The van der Waals surface area contributed by atoms with Gasteiger partial charge >= 0.3 is 0 Å². The summed E-state index contributed by atoms with van der Waals surface area (Å²) in [4.78, 5) is 17.3. The number of rotatable bonds is 0. The predicted molar refractivity (Wildman–Crippen MR) is 54.3 cm³/mol. The van der Waals surface area contributed by atoms with E-state index in [-0.39, 0.29) is 11.8 Å². The summed E-state index contributed by atoms with van der Waals surface area (Å²) in [6.45, 7) is 2.00. The molecule has 0 saturated carbocycles. The Kier molecular flexibility index (Phi) is 1.96. The van der Waals surface area contributed by atoms with E-state index in [1.165, 1.54) is 0 Å². The van der Waals surface area contributed by atoms with Crippen LogP contribution in [-0.4, -0.2) is 12.1 Å². The molecule has 4 heteroatoms.